The van der Waals surface area contributed by atoms with Crippen molar-refractivity contribution in [3.8, 4) is 11.5 Å². The molecular formula is C32H37F2N5O6S. The molecule has 2 aromatic rings. The van der Waals surface area contributed by atoms with E-state index in [2.05, 4.69) is 22.9 Å². The number of benzene rings is 2. The number of carbonyl (C=O) groups excluding carboxylic acids is 1. The fourth-order valence-electron chi connectivity index (χ4n) is 5.99. The van der Waals surface area contributed by atoms with Crippen LogP contribution in [-0.4, -0.2) is 86.0 Å². The summed E-state index contributed by atoms with van der Waals surface area (Å²) in [7, 11) is 1.42. The Labute approximate surface area is 269 Å². The van der Waals surface area contributed by atoms with E-state index in [0.717, 1.165) is 35.9 Å². The fourth-order valence-corrected chi connectivity index (χ4v) is 6.74. The Morgan fingerprint density at radius 1 is 1.13 bits per heavy atom. The predicted octanol–water partition coefficient (Wildman–Crippen LogP) is 3.51. The van der Waals surface area contributed by atoms with E-state index in [9.17, 15) is 28.9 Å². The van der Waals surface area contributed by atoms with Gasteiger partial charge < -0.3 is 30.1 Å². The molecule has 46 heavy (non-hydrogen) atoms. The van der Waals surface area contributed by atoms with Crippen molar-refractivity contribution in [3.05, 3.63) is 83.0 Å². The highest BCUT2D eigenvalue weighted by Gasteiger charge is 2.49. The zero-order valence-electron chi connectivity index (χ0n) is 25.4. The standard InChI is InChI=1S/C32H37F2N5O6S/c1-3-10-46-38-15-23(35-22-13-19(22)17-4-6-20(33)21(34)11-17)30-25(16-38)39(37-36-30)24-14-29(32(43)31(24)42)45-9-8-26(40)18-5-7-28(44-2)27(41)12-18/h4-7,11-12,15-16,19,22,24,29,31-32,35,37,41-43H,3,8-10,13-14H2,1-2H3/t19-,22+,24-,29-,31+,32+/m0/s1. The van der Waals surface area contributed by atoms with Crippen LogP contribution in [0.4, 0.5) is 8.78 Å². The minimum Gasteiger partial charge on any atom is -0.504 e. The molecule has 2 fully saturated rings. The number of aliphatic hydroxyl groups excluding tert-OH is 2. The van der Waals surface area contributed by atoms with Gasteiger partial charge in [0.05, 0.1) is 31.6 Å². The van der Waals surface area contributed by atoms with E-state index in [-0.39, 0.29) is 48.7 Å². The molecule has 0 saturated heterocycles. The summed E-state index contributed by atoms with van der Waals surface area (Å²) in [6.07, 6.45) is 2.77. The normalized spacial score (nSPS) is 26.6. The van der Waals surface area contributed by atoms with Crippen LogP contribution in [0.25, 0.3) is 0 Å². The lowest BCUT2D eigenvalue weighted by molar-refractivity contribution is -0.0585. The number of ketones is 1. The van der Waals surface area contributed by atoms with Crippen LogP contribution in [0.5, 0.6) is 11.5 Å². The smallest absolute Gasteiger partial charge is 0.165 e. The van der Waals surface area contributed by atoms with Crippen LogP contribution in [0.2, 0.25) is 0 Å². The van der Waals surface area contributed by atoms with E-state index in [1.165, 1.54) is 25.3 Å². The number of nitrogens with zero attached hydrogens (tertiary/aromatic N) is 3. The number of aromatic hydroxyl groups is 1. The third-order valence-corrected chi connectivity index (χ3v) is 9.67. The number of Topliss-reactive ketones (excluding diaryl/α,β-unsaturated/α-hetero) is 1. The highest BCUT2D eigenvalue weighted by atomic mass is 32.2. The molecule has 6 atom stereocenters. The number of aliphatic hydroxyl groups is 2. The molecule has 0 radical (unpaired) electrons. The number of fused-ring (bicyclic) bond motifs is 1. The van der Waals surface area contributed by atoms with Gasteiger partial charge in [-0.1, -0.05) is 13.0 Å². The van der Waals surface area contributed by atoms with Gasteiger partial charge in [-0.2, -0.15) is 5.10 Å². The third-order valence-electron chi connectivity index (χ3n) is 8.57. The van der Waals surface area contributed by atoms with Crippen LogP contribution >= 0.6 is 11.9 Å². The molecule has 2 saturated carbocycles. The number of hydrogen-bond donors (Lipinski definition) is 5. The van der Waals surface area contributed by atoms with Crippen LogP contribution in [0.1, 0.15) is 54.4 Å². The molecule has 0 spiro atoms. The van der Waals surface area contributed by atoms with Gasteiger partial charge in [-0.05, 0) is 60.7 Å². The van der Waals surface area contributed by atoms with Crippen LogP contribution in [0.3, 0.4) is 0 Å². The molecular weight excluding hydrogens is 620 g/mol. The number of hydrogen-bond acceptors (Lipinski definition) is 12. The molecule has 6 rings (SSSR count). The minimum atomic E-state index is -1.19. The molecule has 2 aliphatic heterocycles. The van der Waals surface area contributed by atoms with E-state index in [1.54, 1.807) is 29.1 Å². The number of phenolic OH excluding ortho intramolecular Hbond substituents is 1. The molecule has 2 aliphatic carbocycles. The van der Waals surface area contributed by atoms with Crippen molar-refractivity contribution in [2.24, 2.45) is 5.10 Å². The van der Waals surface area contributed by atoms with Crippen LogP contribution < -0.4 is 15.6 Å². The molecule has 2 heterocycles. The Hall–Kier alpha value is -3.85. The maximum Gasteiger partial charge on any atom is 0.165 e. The average molecular weight is 658 g/mol. The zero-order valence-corrected chi connectivity index (χ0v) is 26.2. The topological polar surface area (TPSA) is 139 Å². The van der Waals surface area contributed by atoms with Gasteiger partial charge in [0.15, 0.2) is 28.9 Å². The number of hydrazone groups is 1. The summed E-state index contributed by atoms with van der Waals surface area (Å²) < 4.78 is 40.2. The molecule has 0 aromatic heterocycles. The maximum absolute atomic E-state index is 13.9. The Morgan fingerprint density at radius 3 is 2.70 bits per heavy atom. The molecule has 2 aromatic carbocycles. The van der Waals surface area contributed by atoms with Gasteiger partial charge in [0.25, 0.3) is 0 Å². The second-order valence-electron chi connectivity index (χ2n) is 11.7. The first-order chi connectivity index (χ1) is 22.2. The summed E-state index contributed by atoms with van der Waals surface area (Å²) in [5.74, 6) is -0.956. The SMILES string of the molecule is CCCSN1C=C(N[C@@H]2C[C@H]2c2ccc(F)c(F)c2)C2=NNN([C@H]3C[C@H](OCCC(=O)c4ccc(OC)c(O)c4)[C@@H](O)[C@@H]3O)C2=C1. The van der Waals surface area contributed by atoms with Crippen molar-refractivity contribution in [3.63, 3.8) is 0 Å². The maximum atomic E-state index is 13.9. The zero-order chi connectivity index (χ0) is 32.5. The molecule has 0 amide bonds. The molecule has 0 unspecified atom stereocenters. The highest BCUT2D eigenvalue weighted by molar-refractivity contribution is 7.97. The lowest BCUT2D eigenvalue weighted by atomic mass is 10.1. The van der Waals surface area contributed by atoms with Gasteiger partial charge in [0.1, 0.15) is 23.6 Å². The van der Waals surface area contributed by atoms with E-state index < -0.39 is 36.0 Å². The molecule has 0 bridgehead atoms. The Bertz CT molecular complexity index is 1570. The molecule has 11 nitrogen and oxygen atoms in total. The van der Waals surface area contributed by atoms with Crippen molar-refractivity contribution in [2.75, 3.05) is 19.5 Å². The number of nitrogens with one attached hydrogen (secondary N) is 2. The van der Waals surface area contributed by atoms with Gasteiger partial charge in [-0.3, -0.25) is 14.1 Å². The van der Waals surface area contributed by atoms with Crippen LogP contribution in [0.15, 0.2) is 65.3 Å². The number of carbonyl (C=O) groups is 1. The predicted molar refractivity (Wildman–Crippen MR) is 168 cm³/mol. The Kier molecular flexibility index (Phi) is 9.41. The summed E-state index contributed by atoms with van der Waals surface area (Å²) in [5, 5.41) is 41.7. The van der Waals surface area contributed by atoms with Crippen molar-refractivity contribution < 1.29 is 38.4 Å². The highest BCUT2D eigenvalue weighted by Crippen LogP contribution is 2.43. The van der Waals surface area contributed by atoms with Crippen molar-refractivity contribution >= 4 is 23.4 Å². The van der Waals surface area contributed by atoms with Gasteiger partial charge in [-0.25, -0.2) is 14.3 Å². The van der Waals surface area contributed by atoms with Gasteiger partial charge in [0.2, 0.25) is 0 Å². The quantitative estimate of drug-likeness (QED) is 0.160. The number of rotatable bonds is 13. The van der Waals surface area contributed by atoms with Crippen molar-refractivity contribution in [1.29, 1.82) is 0 Å². The summed E-state index contributed by atoms with van der Waals surface area (Å²) in [5.41, 5.74) is 6.12. The monoisotopic (exact) mass is 657 g/mol. The van der Waals surface area contributed by atoms with Gasteiger partial charge in [0, 0.05) is 48.5 Å². The number of phenols is 1. The molecule has 246 valence electrons. The molecule has 14 heteroatoms. The minimum absolute atomic E-state index is 0.00602. The lowest BCUT2D eigenvalue weighted by Crippen LogP contribution is -2.47. The molecule has 5 N–H and O–H groups in total. The lowest BCUT2D eigenvalue weighted by Gasteiger charge is -2.32. The van der Waals surface area contributed by atoms with Crippen LogP contribution in [0, 0.1) is 11.6 Å². The third kappa shape index (κ3) is 6.52. The number of hydrazine groups is 1. The second kappa shape index (κ2) is 13.5. The van der Waals surface area contributed by atoms with E-state index >= 15 is 0 Å². The van der Waals surface area contributed by atoms with Gasteiger partial charge >= 0.3 is 0 Å². The van der Waals surface area contributed by atoms with Crippen LogP contribution in [-0.2, 0) is 4.74 Å². The Morgan fingerprint density at radius 2 is 1.96 bits per heavy atom. The summed E-state index contributed by atoms with van der Waals surface area (Å²) in [4.78, 5) is 12.7. The number of halogens is 2. The van der Waals surface area contributed by atoms with Crippen molar-refractivity contribution in [1.82, 2.24) is 20.2 Å². The largest absolute Gasteiger partial charge is 0.504 e. The van der Waals surface area contributed by atoms with E-state index in [4.69, 9.17) is 9.47 Å². The summed E-state index contributed by atoms with van der Waals surface area (Å²) in [6.45, 7) is 2.11. The van der Waals surface area contributed by atoms with Gasteiger partial charge in [-0.15, -0.1) is 0 Å². The first kappa shape index (κ1) is 32.1. The second-order valence-corrected chi connectivity index (χ2v) is 12.8. The number of methoxy groups -OCH3 is 1. The first-order valence-electron chi connectivity index (χ1n) is 15.3. The van der Waals surface area contributed by atoms with E-state index in [0.29, 0.717) is 17.0 Å². The van der Waals surface area contributed by atoms with E-state index in [1.807, 2.05) is 16.7 Å². The average Bonchev–Trinajstić information content (AvgIpc) is 3.59. The first-order valence-corrected chi connectivity index (χ1v) is 16.2. The Balaban J connectivity index is 1.09. The fraction of sp³-hybridized carbons (Fsp3) is 0.438. The number of ether oxygens (including phenoxy) is 2. The molecule has 4 aliphatic rings. The van der Waals surface area contributed by atoms with Crippen molar-refractivity contribution in [2.45, 2.75) is 68.9 Å². The summed E-state index contributed by atoms with van der Waals surface area (Å²) >= 11 is 1.61. The summed E-state index contributed by atoms with van der Waals surface area (Å²) in [6, 6.07) is 7.83.